The van der Waals surface area contributed by atoms with E-state index in [4.69, 9.17) is 4.42 Å². The fourth-order valence-corrected chi connectivity index (χ4v) is 2.53. The Balaban J connectivity index is 1.56. The highest BCUT2D eigenvalue weighted by molar-refractivity contribution is 6.01. The number of anilines is 1. The van der Waals surface area contributed by atoms with Gasteiger partial charge in [-0.3, -0.25) is 4.79 Å². The van der Waals surface area contributed by atoms with Gasteiger partial charge in [-0.05, 0) is 44.2 Å². The lowest BCUT2D eigenvalue weighted by atomic mass is 10.1. The summed E-state index contributed by atoms with van der Waals surface area (Å²) in [6.45, 7) is 3.76. The van der Waals surface area contributed by atoms with Crippen molar-refractivity contribution in [2.75, 3.05) is 5.32 Å². The number of fused-ring (bicyclic) bond motifs is 1. The number of nitrogens with one attached hydrogen (secondary N) is 1. The first-order valence-corrected chi connectivity index (χ1v) is 7.61. The largest absolute Gasteiger partial charge is 0.444 e. The molecule has 3 aromatic heterocycles. The van der Waals surface area contributed by atoms with Gasteiger partial charge in [0, 0.05) is 22.6 Å². The van der Waals surface area contributed by atoms with Crippen LogP contribution in [0.1, 0.15) is 22.0 Å². The predicted octanol–water partition coefficient (Wildman–Crippen LogP) is 2.65. The predicted molar refractivity (Wildman–Crippen MR) is 90.1 cm³/mol. The second kappa shape index (κ2) is 5.82. The Bertz CT molecular complexity index is 1050. The second-order valence-corrected chi connectivity index (χ2v) is 5.58. The molecular formula is C17H14N6O2. The van der Waals surface area contributed by atoms with Crippen LogP contribution in [0.15, 0.2) is 47.3 Å². The van der Waals surface area contributed by atoms with Gasteiger partial charge >= 0.3 is 0 Å². The van der Waals surface area contributed by atoms with Gasteiger partial charge in [0.05, 0.1) is 6.20 Å². The van der Waals surface area contributed by atoms with Gasteiger partial charge in [-0.2, -0.15) is 4.98 Å². The zero-order valence-corrected chi connectivity index (χ0v) is 13.6. The van der Waals surface area contributed by atoms with Crippen molar-refractivity contribution in [3.63, 3.8) is 0 Å². The molecule has 0 bridgehead atoms. The summed E-state index contributed by atoms with van der Waals surface area (Å²) in [6, 6.07) is 9.11. The van der Waals surface area contributed by atoms with Crippen LogP contribution >= 0.6 is 0 Å². The molecule has 4 rings (SSSR count). The molecule has 25 heavy (non-hydrogen) atoms. The minimum Gasteiger partial charge on any atom is -0.444 e. The third kappa shape index (κ3) is 2.85. The Hall–Kier alpha value is -3.55. The minimum atomic E-state index is -0.394. The molecule has 0 aliphatic rings. The highest BCUT2D eigenvalue weighted by Gasteiger charge is 2.15. The Morgan fingerprint density at radius 1 is 1.16 bits per heavy atom. The van der Waals surface area contributed by atoms with Crippen LogP contribution < -0.4 is 5.32 Å². The Labute approximate surface area is 142 Å². The number of nitrogens with zero attached hydrogens (tertiary/aromatic N) is 5. The molecule has 1 amide bonds. The van der Waals surface area contributed by atoms with Gasteiger partial charge in [0.1, 0.15) is 0 Å². The molecule has 0 radical (unpaired) electrons. The summed E-state index contributed by atoms with van der Waals surface area (Å²) in [4.78, 5) is 24.7. The first kappa shape index (κ1) is 15.0. The molecule has 0 aliphatic carbocycles. The molecule has 0 spiro atoms. The van der Waals surface area contributed by atoms with Gasteiger partial charge in [-0.25, -0.2) is 14.5 Å². The lowest BCUT2D eigenvalue weighted by Gasteiger charge is -2.03. The molecule has 3 heterocycles. The maximum atomic E-state index is 12.4. The maximum absolute atomic E-state index is 12.4. The van der Waals surface area contributed by atoms with E-state index in [0.29, 0.717) is 17.2 Å². The first-order chi connectivity index (χ1) is 12.1. The zero-order valence-electron chi connectivity index (χ0n) is 13.6. The van der Waals surface area contributed by atoms with E-state index in [9.17, 15) is 4.79 Å². The van der Waals surface area contributed by atoms with Crippen molar-refractivity contribution in [3.8, 4) is 11.3 Å². The summed E-state index contributed by atoms with van der Waals surface area (Å²) in [7, 11) is 0. The van der Waals surface area contributed by atoms with Crippen molar-refractivity contribution < 1.29 is 9.21 Å². The molecule has 0 fully saturated rings. The number of benzene rings is 1. The molecule has 4 aromatic rings. The number of rotatable bonds is 3. The number of carbonyl (C=O) groups excluding carboxylic acids is 1. The van der Waals surface area contributed by atoms with E-state index in [1.807, 2.05) is 32.0 Å². The number of oxazole rings is 1. The average Bonchev–Trinajstić information content (AvgIpc) is 3.25. The van der Waals surface area contributed by atoms with Gasteiger partial charge in [0.2, 0.25) is 5.82 Å². The standard InChI is InChI=1S/C17H14N6O2/c1-10-7-11(2)23-17(19-10)21-15(22-23)16(24)20-13-5-3-12(4-6-13)14-8-18-9-25-14/h3-9H,1-2H3,(H,20,24). The summed E-state index contributed by atoms with van der Waals surface area (Å²) in [5.41, 5.74) is 3.20. The second-order valence-electron chi connectivity index (χ2n) is 5.58. The number of carbonyl (C=O) groups is 1. The molecule has 0 saturated heterocycles. The van der Waals surface area contributed by atoms with E-state index < -0.39 is 5.91 Å². The lowest BCUT2D eigenvalue weighted by Crippen LogP contribution is -2.14. The molecule has 1 N–H and O–H groups in total. The van der Waals surface area contributed by atoms with Crippen LogP contribution in [0.4, 0.5) is 5.69 Å². The number of aromatic nitrogens is 5. The Morgan fingerprint density at radius 3 is 2.68 bits per heavy atom. The first-order valence-electron chi connectivity index (χ1n) is 7.61. The summed E-state index contributed by atoms with van der Waals surface area (Å²) < 4.78 is 6.79. The molecule has 0 saturated carbocycles. The van der Waals surface area contributed by atoms with Crippen molar-refractivity contribution in [1.82, 2.24) is 24.6 Å². The lowest BCUT2D eigenvalue weighted by molar-refractivity contribution is 0.101. The molecule has 0 aliphatic heterocycles. The van der Waals surface area contributed by atoms with E-state index in [0.717, 1.165) is 17.0 Å². The quantitative estimate of drug-likeness (QED) is 0.618. The van der Waals surface area contributed by atoms with Crippen LogP contribution in [0.3, 0.4) is 0 Å². The summed E-state index contributed by atoms with van der Waals surface area (Å²) in [5.74, 6) is 0.746. The maximum Gasteiger partial charge on any atom is 0.295 e. The summed E-state index contributed by atoms with van der Waals surface area (Å²) in [6.07, 6.45) is 3.00. The van der Waals surface area contributed by atoms with Gasteiger partial charge in [-0.1, -0.05) is 0 Å². The summed E-state index contributed by atoms with van der Waals surface area (Å²) >= 11 is 0. The molecule has 0 unspecified atom stereocenters. The van der Waals surface area contributed by atoms with Crippen molar-refractivity contribution in [2.24, 2.45) is 0 Å². The van der Waals surface area contributed by atoms with Crippen LogP contribution in [0.2, 0.25) is 0 Å². The van der Waals surface area contributed by atoms with Crippen molar-refractivity contribution in [3.05, 3.63) is 60.1 Å². The number of amides is 1. The third-order valence-corrected chi connectivity index (χ3v) is 3.68. The molecule has 124 valence electrons. The monoisotopic (exact) mass is 334 g/mol. The van der Waals surface area contributed by atoms with Crippen LogP contribution in [-0.4, -0.2) is 30.5 Å². The van der Waals surface area contributed by atoms with Crippen LogP contribution in [0.25, 0.3) is 17.1 Å². The molecule has 8 heteroatoms. The third-order valence-electron chi connectivity index (χ3n) is 3.68. The molecule has 0 atom stereocenters. The highest BCUT2D eigenvalue weighted by atomic mass is 16.3. The van der Waals surface area contributed by atoms with Gasteiger partial charge in [0.25, 0.3) is 11.7 Å². The SMILES string of the molecule is Cc1cc(C)n2nc(C(=O)Nc3ccc(-c4cnco4)cc3)nc2n1. The van der Waals surface area contributed by atoms with E-state index in [2.05, 4.69) is 25.4 Å². The fourth-order valence-electron chi connectivity index (χ4n) is 2.53. The van der Waals surface area contributed by atoms with Crippen molar-refractivity contribution in [1.29, 1.82) is 0 Å². The molecule has 8 nitrogen and oxygen atoms in total. The highest BCUT2D eigenvalue weighted by Crippen LogP contribution is 2.21. The van der Waals surface area contributed by atoms with Crippen LogP contribution in [0, 0.1) is 13.8 Å². The minimum absolute atomic E-state index is 0.0699. The van der Waals surface area contributed by atoms with Crippen molar-refractivity contribution in [2.45, 2.75) is 13.8 Å². The van der Waals surface area contributed by atoms with E-state index in [1.54, 1.807) is 22.8 Å². The Morgan fingerprint density at radius 2 is 1.96 bits per heavy atom. The summed E-state index contributed by atoms with van der Waals surface area (Å²) in [5, 5.41) is 6.99. The van der Waals surface area contributed by atoms with E-state index in [-0.39, 0.29) is 5.82 Å². The van der Waals surface area contributed by atoms with E-state index >= 15 is 0 Å². The zero-order chi connectivity index (χ0) is 17.4. The number of hydrogen-bond donors (Lipinski definition) is 1. The van der Waals surface area contributed by atoms with Crippen LogP contribution in [0.5, 0.6) is 0 Å². The van der Waals surface area contributed by atoms with Crippen LogP contribution in [-0.2, 0) is 0 Å². The molecular weight excluding hydrogens is 320 g/mol. The normalized spacial score (nSPS) is 11.0. The number of aryl methyl sites for hydroxylation is 2. The smallest absolute Gasteiger partial charge is 0.295 e. The average molecular weight is 334 g/mol. The van der Waals surface area contributed by atoms with E-state index in [1.165, 1.54) is 6.39 Å². The fraction of sp³-hybridized carbons (Fsp3) is 0.118. The van der Waals surface area contributed by atoms with Gasteiger partial charge in [-0.15, -0.1) is 5.10 Å². The van der Waals surface area contributed by atoms with Gasteiger partial charge in [0.15, 0.2) is 12.2 Å². The molecule has 1 aromatic carbocycles. The van der Waals surface area contributed by atoms with Gasteiger partial charge < -0.3 is 9.73 Å². The Kier molecular flexibility index (Phi) is 3.50. The topological polar surface area (TPSA) is 98.2 Å². The number of hydrogen-bond acceptors (Lipinski definition) is 6. The van der Waals surface area contributed by atoms with Crippen molar-refractivity contribution >= 4 is 17.4 Å².